The zero-order valence-corrected chi connectivity index (χ0v) is 66.6. The molecular formula is C71H115Br2F3O5Si5. The number of hydrogen-bond donors (Lipinski definition) is 2. The molecule has 0 aliphatic carbocycles. The average molecular weight is 1410 g/mol. The minimum absolute atomic E-state index is 0.00611. The first-order valence-corrected chi connectivity index (χ1v) is 43.4. The second-order valence-electron chi connectivity index (χ2n) is 32.3. The van der Waals surface area contributed by atoms with E-state index in [4.69, 9.17) is 19.1 Å². The summed E-state index contributed by atoms with van der Waals surface area (Å²) >= 11 is 6.73. The molecule has 5 rings (SSSR count). The van der Waals surface area contributed by atoms with Gasteiger partial charge < -0.3 is 31.4 Å². The van der Waals surface area contributed by atoms with Crippen molar-refractivity contribution in [3.8, 4) is 0 Å². The summed E-state index contributed by atoms with van der Waals surface area (Å²) in [4.78, 5) is 10.7. The summed E-state index contributed by atoms with van der Waals surface area (Å²) in [6.45, 7) is 60.1. The van der Waals surface area contributed by atoms with Crippen molar-refractivity contribution in [2.24, 2.45) is 0 Å². The monoisotopic (exact) mass is 1400 g/mol. The molecule has 0 heterocycles. The van der Waals surface area contributed by atoms with E-state index in [0.29, 0.717) is 12.2 Å². The zero-order valence-electron chi connectivity index (χ0n) is 58.5. The molecule has 5 nitrogen and oxygen atoms in total. The molecule has 0 amide bonds. The van der Waals surface area contributed by atoms with Gasteiger partial charge in [-0.2, -0.15) is 0 Å². The molecule has 5 aromatic carbocycles. The predicted octanol–water partition coefficient (Wildman–Crippen LogP) is 22.0. The predicted molar refractivity (Wildman–Crippen MR) is 387 cm³/mol. The minimum atomic E-state index is -3.18. The largest absolute Gasteiger partial charge is 0.413 e. The third-order valence-electron chi connectivity index (χ3n) is 17.4. The minimum Gasteiger partial charge on any atom is -0.413 e. The van der Waals surface area contributed by atoms with Crippen LogP contribution in [-0.4, -0.2) is 58.4 Å². The van der Waals surface area contributed by atoms with E-state index in [-0.39, 0.29) is 53.5 Å². The Hall–Kier alpha value is -2.56. The molecular weight excluding hydrogens is 1290 g/mol. The lowest BCUT2D eigenvalue weighted by molar-refractivity contribution is 0.112. The average Bonchev–Trinajstić information content (AvgIpc) is 0.822. The number of carbonyl (C=O) groups excluding carboxylic acids is 1. The first-order chi connectivity index (χ1) is 38.6. The Balaban J connectivity index is 0.000000552. The van der Waals surface area contributed by atoms with Gasteiger partial charge in [0.1, 0.15) is 6.29 Å². The molecule has 0 atom stereocenters. The molecule has 0 spiro atoms. The molecule has 15 heteroatoms. The van der Waals surface area contributed by atoms with Crippen molar-refractivity contribution in [2.75, 3.05) is 0 Å². The zero-order chi connectivity index (χ0) is 67.4. The molecule has 0 aliphatic heterocycles. The highest BCUT2D eigenvalue weighted by Crippen LogP contribution is 2.54. The fourth-order valence-corrected chi connectivity index (χ4v) is 26.8. The summed E-state index contributed by atoms with van der Waals surface area (Å²) in [5.74, 6) is 0. The fraction of sp³-hybridized carbons (Fsp3) is 0.563. The maximum atomic E-state index is 16.3. The van der Waals surface area contributed by atoms with Gasteiger partial charge in [-0.25, -0.2) is 0 Å². The second kappa shape index (κ2) is 31.2. The van der Waals surface area contributed by atoms with Gasteiger partial charge in [-0.1, -0.05) is 295 Å². The van der Waals surface area contributed by atoms with Gasteiger partial charge >= 0.3 is 0 Å². The normalized spacial score (nSPS) is 13.4. The van der Waals surface area contributed by atoms with Crippen LogP contribution in [0.3, 0.4) is 0 Å². The molecule has 0 radical (unpaired) electrons. The summed E-state index contributed by atoms with van der Waals surface area (Å²) in [7, 11) is -12.9. The van der Waals surface area contributed by atoms with Gasteiger partial charge in [0.05, 0.1) is 26.4 Å². The van der Waals surface area contributed by atoms with Crippen molar-refractivity contribution in [3.63, 3.8) is 0 Å². The van der Waals surface area contributed by atoms with E-state index in [1.165, 1.54) is 5.56 Å². The van der Waals surface area contributed by atoms with Crippen LogP contribution in [0.4, 0.5) is 12.3 Å². The molecule has 0 unspecified atom stereocenters. The Morgan fingerprint density at radius 2 is 0.547 bits per heavy atom. The topological polar surface area (TPSA) is 76.0 Å². The lowest BCUT2D eigenvalue weighted by atomic mass is 10.2. The molecule has 0 saturated carbocycles. The molecule has 2 N–H and O–H groups in total. The lowest BCUT2D eigenvalue weighted by Crippen LogP contribution is -2.57. The standard InChI is InChI=1S/C21H39FOSi2.C15H25FOSi.C15H23FOSi.C13H21BrOSi.C7H7BrO/c1-19(2,3)24(10,11)23-16-17-12-14-18(15-13-17)25(22,20(4,5)6)21(7,8)9;2*1-14(2,3)18(16,15(4,5)6)13-9-7-12(11-17)8-10-13;1-13(2,3)16(4,5)15-10-11-6-8-12(14)9-7-11;8-7-3-1-6(5-9)2-4-7/h12-15H,16H2,1-11H3;7-10,17H,11H2,1-6H3;7-11H,1-6H3;6-9H,10H2,1-5H3;1-4,9H,5H2. The highest BCUT2D eigenvalue weighted by Gasteiger charge is 2.58. The van der Waals surface area contributed by atoms with E-state index < -0.39 is 41.9 Å². The van der Waals surface area contributed by atoms with Gasteiger partial charge in [-0.05, 0) is 129 Å². The lowest BCUT2D eigenvalue weighted by Gasteiger charge is -2.45. The third-order valence-corrected chi connectivity index (χ3v) is 43.2. The Morgan fingerprint density at radius 3 is 0.744 bits per heavy atom. The third kappa shape index (κ3) is 21.8. The maximum Gasteiger partial charge on any atom is 0.288 e. The van der Waals surface area contributed by atoms with E-state index in [9.17, 15) is 4.79 Å². The number of benzene rings is 5. The van der Waals surface area contributed by atoms with Crippen molar-refractivity contribution >= 4 is 95.6 Å². The van der Waals surface area contributed by atoms with Crippen molar-refractivity contribution in [2.45, 2.75) is 259 Å². The van der Waals surface area contributed by atoms with Crippen LogP contribution in [0.15, 0.2) is 130 Å². The van der Waals surface area contributed by atoms with Crippen molar-refractivity contribution in [1.29, 1.82) is 0 Å². The SMILES string of the molecule is CC(C)(C)[Si](C)(C)OCc1ccc(Br)cc1.CC(C)(C)[Si](C)(C)OCc1ccc([Si](F)(C(C)(C)C)C(C)(C)C)cc1.CC(C)(C)[Si](F)(c1ccc(C=O)cc1)C(C)(C)C.CC(C)(C)[Si](F)(c1ccc(CO)cc1)C(C)(C)C.OCc1ccc(Br)cc1. The van der Waals surface area contributed by atoms with Gasteiger partial charge in [0.25, 0.3) is 25.2 Å². The first-order valence-electron chi connectivity index (χ1n) is 30.4. The smallest absolute Gasteiger partial charge is 0.288 e. The molecule has 0 aliphatic rings. The summed E-state index contributed by atoms with van der Waals surface area (Å²) in [6, 6.07) is 38.4. The highest BCUT2D eigenvalue weighted by molar-refractivity contribution is 9.10. The van der Waals surface area contributed by atoms with Crippen LogP contribution < -0.4 is 15.6 Å². The summed E-state index contributed by atoms with van der Waals surface area (Å²) < 4.78 is 62.6. The quantitative estimate of drug-likeness (QED) is 0.0740. The Bertz CT molecular complexity index is 2770. The number of rotatable bonds is 12. The number of aliphatic hydroxyl groups is 2. The van der Waals surface area contributed by atoms with Gasteiger partial charge in [-0.15, -0.1) is 0 Å². The highest BCUT2D eigenvalue weighted by atomic mass is 79.9. The summed E-state index contributed by atoms with van der Waals surface area (Å²) in [5, 5.41) is 18.5. The summed E-state index contributed by atoms with van der Waals surface area (Å²) in [6.07, 6.45) is 0.791. The number of carbonyl (C=O) groups is 1. The van der Waals surface area contributed by atoms with E-state index in [1.807, 2.05) is 185 Å². The fourth-order valence-electron chi connectivity index (χ4n) is 10.6. The van der Waals surface area contributed by atoms with Crippen molar-refractivity contribution in [1.82, 2.24) is 0 Å². The number of aldehydes is 1. The van der Waals surface area contributed by atoms with Crippen LogP contribution >= 0.6 is 31.9 Å². The second-order valence-corrected chi connectivity index (χ2v) is 58.4. The molecule has 5 aromatic rings. The Morgan fingerprint density at radius 1 is 0.349 bits per heavy atom. The van der Waals surface area contributed by atoms with Crippen LogP contribution in [0.2, 0.25) is 66.5 Å². The van der Waals surface area contributed by atoms with E-state index >= 15 is 12.3 Å². The van der Waals surface area contributed by atoms with Crippen molar-refractivity contribution < 1.29 is 36.2 Å². The first kappa shape index (κ1) is 81.5. The van der Waals surface area contributed by atoms with Gasteiger partial charge in [0.2, 0.25) is 0 Å². The van der Waals surface area contributed by atoms with E-state index in [1.54, 1.807) is 24.3 Å². The van der Waals surface area contributed by atoms with Gasteiger partial charge in [0, 0.05) is 14.5 Å². The van der Waals surface area contributed by atoms with Gasteiger partial charge in [0.15, 0.2) is 16.6 Å². The molecule has 0 fully saturated rings. The number of halogens is 5. The molecule has 86 heavy (non-hydrogen) atoms. The molecule has 484 valence electrons. The number of aliphatic hydroxyl groups excluding tert-OH is 2. The van der Waals surface area contributed by atoms with Crippen LogP contribution in [0.5, 0.6) is 0 Å². The Labute approximate surface area is 545 Å². The van der Waals surface area contributed by atoms with E-state index in [0.717, 1.165) is 54.1 Å². The van der Waals surface area contributed by atoms with Crippen LogP contribution in [0.25, 0.3) is 0 Å². The van der Waals surface area contributed by atoms with Crippen LogP contribution in [0, 0.1) is 0 Å². The number of hydrogen-bond acceptors (Lipinski definition) is 5. The molecule has 0 aromatic heterocycles. The van der Waals surface area contributed by atoms with Crippen LogP contribution in [-0.2, 0) is 35.3 Å². The van der Waals surface area contributed by atoms with Gasteiger partial charge in [-0.3, -0.25) is 4.79 Å². The Kier molecular flexibility index (Phi) is 29.5. The maximum absolute atomic E-state index is 16.3. The summed E-state index contributed by atoms with van der Waals surface area (Å²) in [5.41, 5.74) is 4.75. The molecule has 0 saturated heterocycles. The van der Waals surface area contributed by atoms with Crippen LogP contribution in [0.1, 0.15) is 199 Å². The van der Waals surface area contributed by atoms with E-state index in [2.05, 4.69) is 136 Å². The van der Waals surface area contributed by atoms with Crippen molar-refractivity contribution in [3.05, 3.63) is 158 Å². The molecule has 0 bridgehead atoms.